The van der Waals surface area contributed by atoms with E-state index < -0.39 is 0 Å². The summed E-state index contributed by atoms with van der Waals surface area (Å²) in [5, 5.41) is 7.53. The molecule has 0 atom stereocenters. The summed E-state index contributed by atoms with van der Waals surface area (Å²) in [6.07, 6.45) is -0.365. The quantitative estimate of drug-likeness (QED) is 0.551. The van der Waals surface area contributed by atoms with Gasteiger partial charge in [0, 0.05) is 18.2 Å². The zero-order chi connectivity index (χ0) is 15.8. The Balaban J connectivity index is 2.57. The van der Waals surface area contributed by atoms with Crippen LogP contribution in [0.25, 0.3) is 0 Å². The van der Waals surface area contributed by atoms with Crippen molar-refractivity contribution in [2.45, 2.75) is 20.1 Å². The van der Waals surface area contributed by atoms with Crippen LogP contribution < -0.4 is 10.6 Å². The molecule has 0 saturated carbocycles. The summed E-state index contributed by atoms with van der Waals surface area (Å²) < 4.78 is 10.8. The highest BCUT2D eigenvalue weighted by molar-refractivity contribution is 7.80. The van der Waals surface area contributed by atoms with Crippen LogP contribution in [0.4, 0.5) is 5.69 Å². The molecule has 0 bridgehead atoms. The summed E-state index contributed by atoms with van der Waals surface area (Å²) in [7, 11) is 0. The molecule has 21 heavy (non-hydrogen) atoms. The van der Waals surface area contributed by atoms with Crippen LogP contribution in [0.5, 0.6) is 0 Å². The summed E-state index contributed by atoms with van der Waals surface area (Å²) >= 11 is 23.2. The van der Waals surface area contributed by atoms with E-state index in [-0.39, 0.29) is 6.29 Å². The van der Waals surface area contributed by atoms with Gasteiger partial charge < -0.3 is 20.1 Å². The SMILES string of the molecule is CCOC(CNC(=S)Nc1c(Cl)cc(Cl)cc1Cl)OCC. The van der Waals surface area contributed by atoms with Gasteiger partial charge in [0.15, 0.2) is 11.4 Å². The van der Waals surface area contributed by atoms with E-state index in [2.05, 4.69) is 10.6 Å². The summed E-state index contributed by atoms with van der Waals surface area (Å²) in [5.41, 5.74) is 0.504. The van der Waals surface area contributed by atoms with Gasteiger partial charge in [0.05, 0.1) is 22.3 Å². The van der Waals surface area contributed by atoms with E-state index in [1.165, 1.54) is 0 Å². The maximum atomic E-state index is 6.07. The van der Waals surface area contributed by atoms with Crippen molar-refractivity contribution < 1.29 is 9.47 Å². The maximum Gasteiger partial charge on any atom is 0.174 e. The Kier molecular flexibility index (Phi) is 8.63. The van der Waals surface area contributed by atoms with Crippen molar-refractivity contribution in [1.29, 1.82) is 0 Å². The van der Waals surface area contributed by atoms with Crippen LogP contribution in [0.1, 0.15) is 13.8 Å². The molecule has 0 aliphatic carbocycles. The fourth-order valence-electron chi connectivity index (χ4n) is 1.53. The largest absolute Gasteiger partial charge is 0.357 e. The minimum atomic E-state index is -0.365. The number of rotatable bonds is 7. The second-order valence-corrected chi connectivity index (χ2v) is 5.58. The van der Waals surface area contributed by atoms with Crippen molar-refractivity contribution in [3.8, 4) is 0 Å². The van der Waals surface area contributed by atoms with Crippen molar-refractivity contribution in [3.05, 3.63) is 27.2 Å². The average Bonchev–Trinajstić information content (AvgIpc) is 2.40. The summed E-state index contributed by atoms with van der Waals surface area (Å²) in [5.74, 6) is 0. The van der Waals surface area contributed by atoms with Gasteiger partial charge in [0.25, 0.3) is 0 Å². The molecule has 0 fully saturated rings. The van der Waals surface area contributed by atoms with Crippen molar-refractivity contribution in [1.82, 2.24) is 5.32 Å². The molecule has 1 rings (SSSR count). The van der Waals surface area contributed by atoms with Crippen LogP contribution in [-0.4, -0.2) is 31.2 Å². The van der Waals surface area contributed by atoms with Crippen molar-refractivity contribution in [2.75, 3.05) is 25.1 Å². The molecule has 0 aromatic heterocycles. The molecular weight excluding hydrogens is 355 g/mol. The van der Waals surface area contributed by atoms with Crippen molar-refractivity contribution in [2.24, 2.45) is 0 Å². The highest BCUT2D eigenvalue weighted by Gasteiger charge is 2.11. The van der Waals surface area contributed by atoms with E-state index in [1.54, 1.807) is 12.1 Å². The Morgan fingerprint density at radius 2 is 1.67 bits per heavy atom. The molecule has 0 aliphatic rings. The molecule has 0 saturated heterocycles. The van der Waals surface area contributed by atoms with Gasteiger partial charge in [-0.25, -0.2) is 0 Å². The normalized spacial score (nSPS) is 10.8. The Bertz CT molecular complexity index is 459. The molecule has 1 aromatic rings. The number of hydrogen-bond acceptors (Lipinski definition) is 3. The predicted octanol–water partition coefficient (Wildman–Crippen LogP) is 4.33. The van der Waals surface area contributed by atoms with Crippen molar-refractivity contribution >= 4 is 57.8 Å². The fraction of sp³-hybridized carbons (Fsp3) is 0.462. The van der Waals surface area contributed by atoms with Gasteiger partial charge in [0.2, 0.25) is 0 Å². The monoisotopic (exact) mass is 370 g/mol. The van der Waals surface area contributed by atoms with E-state index in [1.807, 2.05) is 13.8 Å². The highest BCUT2D eigenvalue weighted by Crippen LogP contribution is 2.33. The lowest BCUT2D eigenvalue weighted by Gasteiger charge is -2.19. The topological polar surface area (TPSA) is 42.5 Å². The van der Waals surface area contributed by atoms with Gasteiger partial charge in [-0.1, -0.05) is 34.8 Å². The lowest BCUT2D eigenvalue weighted by molar-refractivity contribution is -0.130. The molecule has 0 heterocycles. The van der Waals surface area contributed by atoms with Gasteiger partial charge in [-0.15, -0.1) is 0 Å². The first-order valence-corrected chi connectivity index (χ1v) is 7.94. The Hall–Kier alpha value is -0.300. The van der Waals surface area contributed by atoms with Crippen LogP contribution in [0.3, 0.4) is 0 Å². The molecule has 1 aromatic carbocycles. The molecule has 0 unspecified atom stereocenters. The van der Waals surface area contributed by atoms with Gasteiger partial charge in [0.1, 0.15) is 0 Å². The average molecular weight is 372 g/mol. The smallest absolute Gasteiger partial charge is 0.174 e. The number of halogens is 3. The standard InChI is InChI=1S/C13H17Cl3N2O2S/c1-3-19-11(20-4-2)7-17-13(21)18-12-9(15)5-8(14)6-10(12)16/h5-6,11H,3-4,7H2,1-2H3,(H2,17,18,21). The van der Waals surface area contributed by atoms with Gasteiger partial charge >= 0.3 is 0 Å². The molecule has 0 aliphatic heterocycles. The second kappa shape index (κ2) is 9.66. The van der Waals surface area contributed by atoms with E-state index in [0.717, 1.165) is 0 Å². The number of anilines is 1. The first-order valence-electron chi connectivity index (χ1n) is 6.40. The third-order valence-corrected chi connectivity index (χ3v) is 3.44. The molecular formula is C13H17Cl3N2O2S. The van der Waals surface area contributed by atoms with Crippen LogP contribution in [0.15, 0.2) is 12.1 Å². The summed E-state index contributed by atoms with van der Waals surface area (Å²) in [4.78, 5) is 0. The third kappa shape index (κ3) is 6.55. The van der Waals surface area contributed by atoms with E-state index in [0.29, 0.717) is 45.6 Å². The number of thiocarbonyl (C=S) groups is 1. The van der Waals surface area contributed by atoms with Crippen molar-refractivity contribution in [3.63, 3.8) is 0 Å². The number of ether oxygens (including phenoxy) is 2. The number of hydrogen-bond donors (Lipinski definition) is 2. The number of nitrogens with one attached hydrogen (secondary N) is 2. The Labute approximate surface area is 145 Å². The summed E-state index contributed by atoms with van der Waals surface area (Å²) in [6.45, 7) is 5.32. The zero-order valence-electron chi connectivity index (χ0n) is 11.7. The minimum Gasteiger partial charge on any atom is -0.357 e. The minimum absolute atomic E-state index is 0.365. The molecule has 0 radical (unpaired) electrons. The first-order chi connectivity index (χ1) is 9.97. The predicted molar refractivity (Wildman–Crippen MR) is 92.7 cm³/mol. The van der Waals surface area contributed by atoms with E-state index in [9.17, 15) is 0 Å². The zero-order valence-corrected chi connectivity index (χ0v) is 14.8. The Morgan fingerprint density at radius 3 is 2.14 bits per heavy atom. The van der Waals surface area contributed by atoms with E-state index >= 15 is 0 Å². The van der Waals surface area contributed by atoms with E-state index in [4.69, 9.17) is 56.5 Å². The molecule has 118 valence electrons. The lowest BCUT2D eigenvalue weighted by atomic mass is 10.3. The van der Waals surface area contributed by atoms with Crippen LogP contribution in [0.2, 0.25) is 15.1 Å². The molecule has 2 N–H and O–H groups in total. The van der Waals surface area contributed by atoms with Gasteiger partial charge in [-0.2, -0.15) is 0 Å². The number of benzene rings is 1. The maximum absolute atomic E-state index is 6.07. The molecule has 0 spiro atoms. The van der Waals surface area contributed by atoms with Crippen LogP contribution >= 0.6 is 47.0 Å². The molecule has 4 nitrogen and oxygen atoms in total. The Morgan fingerprint density at radius 1 is 1.14 bits per heavy atom. The third-order valence-electron chi connectivity index (χ3n) is 2.38. The molecule has 8 heteroatoms. The summed E-state index contributed by atoms with van der Waals surface area (Å²) in [6, 6.07) is 3.17. The van der Waals surface area contributed by atoms with Gasteiger partial charge in [-0.05, 0) is 38.2 Å². The highest BCUT2D eigenvalue weighted by atomic mass is 35.5. The van der Waals surface area contributed by atoms with Crippen LogP contribution in [-0.2, 0) is 9.47 Å². The fourth-order valence-corrected chi connectivity index (χ4v) is 2.63. The van der Waals surface area contributed by atoms with Crippen LogP contribution in [0, 0.1) is 0 Å². The first kappa shape index (κ1) is 18.7. The van der Waals surface area contributed by atoms with Gasteiger partial charge in [-0.3, -0.25) is 0 Å². The molecule has 0 amide bonds. The lowest BCUT2D eigenvalue weighted by Crippen LogP contribution is -2.37. The second-order valence-electron chi connectivity index (χ2n) is 3.92.